The molecule has 2 amide bonds. The van der Waals surface area contributed by atoms with Crippen molar-refractivity contribution in [3.8, 4) is 11.5 Å². The molecule has 2 atom stereocenters. The molecule has 0 radical (unpaired) electrons. The van der Waals surface area contributed by atoms with E-state index in [1.165, 1.54) is 11.8 Å². The summed E-state index contributed by atoms with van der Waals surface area (Å²) < 4.78 is 11.1. The van der Waals surface area contributed by atoms with Crippen molar-refractivity contribution >= 4 is 29.4 Å². The Balaban J connectivity index is 2.01. The number of amides is 2. The van der Waals surface area contributed by atoms with Crippen molar-refractivity contribution in [3.05, 3.63) is 35.0 Å². The highest BCUT2D eigenvalue weighted by atomic mass is 32.2. The molecule has 2 heterocycles. The molecule has 1 aromatic carbocycles. The van der Waals surface area contributed by atoms with Gasteiger partial charge in [0.1, 0.15) is 0 Å². The highest BCUT2D eigenvalue weighted by Gasteiger charge is 2.32. The molecule has 0 fully saturated rings. The van der Waals surface area contributed by atoms with Crippen LogP contribution in [0.2, 0.25) is 0 Å². The fourth-order valence-corrected chi connectivity index (χ4v) is 4.19. The maximum atomic E-state index is 12.3. The van der Waals surface area contributed by atoms with E-state index in [4.69, 9.17) is 15.2 Å². The highest BCUT2D eigenvalue weighted by Crippen LogP contribution is 2.46. The molecular formula is C18H22N4O4S. The molecule has 27 heavy (non-hydrogen) atoms. The van der Waals surface area contributed by atoms with Gasteiger partial charge in [0, 0.05) is 11.3 Å². The number of ether oxygens (including phenoxy) is 2. The Morgan fingerprint density at radius 1 is 1.33 bits per heavy atom. The molecule has 0 aliphatic carbocycles. The van der Waals surface area contributed by atoms with Gasteiger partial charge in [-0.15, -0.1) is 11.8 Å². The summed E-state index contributed by atoms with van der Waals surface area (Å²) in [5.41, 5.74) is 7.93. The van der Waals surface area contributed by atoms with Crippen molar-refractivity contribution in [1.29, 1.82) is 0 Å². The van der Waals surface area contributed by atoms with E-state index in [2.05, 4.69) is 15.5 Å². The van der Waals surface area contributed by atoms with Crippen LogP contribution in [0.5, 0.6) is 11.5 Å². The highest BCUT2D eigenvalue weighted by molar-refractivity contribution is 8.01. The summed E-state index contributed by atoms with van der Waals surface area (Å²) in [6.07, 6.45) is 0. The van der Waals surface area contributed by atoms with Crippen molar-refractivity contribution in [1.82, 2.24) is 10.2 Å². The van der Waals surface area contributed by atoms with E-state index in [0.29, 0.717) is 23.9 Å². The number of aromatic amines is 1. The molecule has 1 aromatic heterocycles. The number of H-pyrrole nitrogens is 1. The first kappa shape index (κ1) is 19.1. The monoisotopic (exact) mass is 390 g/mol. The number of hydrogen-bond acceptors (Lipinski definition) is 6. The van der Waals surface area contributed by atoms with Gasteiger partial charge in [-0.2, -0.15) is 5.10 Å². The lowest BCUT2D eigenvalue weighted by Gasteiger charge is -2.20. The zero-order valence-corrected chi connectivity index (χ0v) is 16.2. The van der Waals surface area contributed by atoms with Crippen molar-refractivity contribution in [2.45, 2.75) is 31.3 Å². The summed E-state index contributed by atoms with van der Waals surface area (Å²) in [5.74, 6) is 0.881. The van der Waals surface area contributed by atoms with Gasteiger partial charge in [-0.25, -0.2) is 0 Å². The summed E-state index contributed by atoms with van der Waals surface area (Å²) in [4.78, 5) is 23.3. The number of nitrogens with one attached hydrogen (secondary N) is 2. The second-order valence-electron chi connectivity index (χ2n) is 6.15. The van der Waals surface area contributed by atoms with Gasteiger partial charge < -0.3 is 20.5 Å². The van der Waals surface area contributed by atoms with Crippen LogP contribution in [0.25, 0.3) is 0 Å². The van der Waals surface area contributed by atoms with Crippen LogP contribution >= 0.6 is 11.8 Å². The van der Waals surface area contributed by atoms with Crippen LogP contribution in [-0.4, -0.2) is 40.5 Å². The number of aromatic nitrogens is 2. The van der Waals surface area contributed by atoms with Gasteiger partial charge in [0.25, 0.3) is 5.91 Å². The number of carbonyl (C=O) groups is 2. The molecule has 9 heteroatoms. The fraction of sp³-hybridized carbons (Fsp3) is 0.389. The predicted molar refractivity (Wildman–Crippen MR) is 103 cm³/mol. The predicted octanol–water partition coefficient (Wildman–Crippen LogP) is 2.14. The molecule has 4 N–H and O–H groups in total. The quantitative estimate of drug-likeness (QED) is 0.695. The fourth-order valence-electron chi connectivity index (χ4n) is 2.88. The number of primary amides is 1. The van der Waals surface area contributed by atoms with Gasteiger partial charge in [-0.3, -0.25) is 14.7 Å². The molecule has 0 unspecified atom stereocenters. The number of thioether (sulfide) groups is 1. The summed E-state index contributed by atoms with van der Waals surface area (Å²) >= 11 is 1.54. The van der Waals surface area contributed by atoms with E-state index in [9.17, 15) is 9.59 Å². The van der Waals surface area contributed by atoms with Crippen LogP contribution < -0.4 is 20.5 Å². The maximum absolute atomic E-state index is 12.3. The van der Waals surface area contributed by atoms with Crippen LogP contribution in [0.1, 0.15) is 35.9 Å². The normalized spacial score (nSPS) is 19.0. The smallest absolute Gasteiger partial charge is 0.255 e. The van der Waals surface area contributed by atoms with Gasteiger partial charge in [0.2, 0.25) is 5.91 Å². The Hall–Kier alpha value is -2.68. The number of hydrogen-bond donors (Lipinski definition) is 3. The number of nitrogens with two attached hydrogens (primary N) is 1. The topological polar surface area (TPSA) is 119 Å². The Labute approximate surface area is 161 Å². The number of anilines is 1. The zero-order chi connectivity index (χ0) is 19.6. The third kappa shape index (κ3) is 4.02. The van der Waals surface area contributed by atoms with Gasteiger partial charge in [-0.05, 0) is 38.5 Å². The van der Waals surface area contributed by atoms with Crippen LogP contribution in [0.4, 0.5) is 5.82 Å². The van der Waals surface area contributed by atoms with Crippen LogP contribution in [-0.2, 0) is 9.59 Å². The van der Waals surface area contributed by atoms with Gasteiger partial charge >= 0.3 is 0 Å². The standard InChI is InChI=1S/C18H22N4O4S/c1-4-25-13-7-11(5-6-12(13)26-8-14(19)23)16-15-9(2)21-22-17(15)20-18(24)10(3)27-16/h5-7,10,16H,4,8H2,1-3H3,(H2,19,23)(H2,20,21,22,24)/t10-,16-/m1/s1. The van der Waals surface area contributed by atoms with Gasteiger partial charge in [0.15, 0.2) is 23.9 Å². The summed E-state index contributed by atoms with van der Waals surface area (Å²) in [6.45, 7) is 5.88. The molecular weight excluding hydrogens is 368 g/mol. The number of aryl methyl sites for hydroxylation is 1. The van der Waals surface area contributed by atoms with E-state index < -0.39 is 5.91 Å². The van der Waals surface area contributed by atoms with Crippen molar-refractivity contribution in [2.75, 3.05) is 18.5 Å². The molecule has 3 rings (SSSR count). The van der Waals surface area contributed by atoms with Crippen LogP contribution in [0.15, 0.2) is 18.2 Å². The minimum atomic E-state index is -0.557. The van der Waals surface area contributed by atoms with E-state index in [1.807, 2.05) is 32.9 Å². The average Bonchev–Trinajstić information content (AvgIpc) is 2.92. The number of rotatable bonds is 6. The van der Waals surface area contributed by atoms with Gasteiger partial charge in [0.05, 0.1) is 17.1 Å². The molecule has 0 bridgehead atoms. The number of nitrogens with zero attached hydrogens (tertiary/aromatic N) is 1. The first-order valence-corrected chi connectivity index (χ1v) is 9.54. The molecule has 2 aromatic rings. The average molecular weight is 390 g/mol. The third-order valence-corrected chi connectivity index (χ3v) is 5.55. The minimum absolute atomic E-state index is 0.0818. The third-order valence-electron chi connectivity index (χ3n) is 4.15. The maximum Gasteiger partial charge on any atom is 0.255 e. The largest absolute Gasteiger partial charge is 0.490 e. The lowest BCUT2D eigenvalue weighted by Crippen LogP contribution is -2.21. The first-order chi connectivity index (χ1) is 12.9. The second-order valence-corrected chi connectivity index (χ2v) is 7.60. The van der Waals surface area contributed by atoms with Gasteiger partial charge in [-0.1, -0.05) is 6.07 Å². The van der Waals surface area contributed by atoms with E-state index in [0.717, 1.165) is 16.8 Å². The Bertz CT molecular complexity index is 867. The summed E-state index contributed by atoms with van der Waals surface area (Å²) in [6, 6.07) is 5.52. The molecule has 0 saturated carbocycles. The Morgan fingerprint density at radius 3 is 2.81 bits per heavy atom. The number of benzene rings is 1. The van der Waals surface area contributed by atoms with E-state index >= 15 is 0 Å². The zero-order valence-electron chi connectivity index (χ0n) is 15.4. The van der Waals surface area contributed by atoms with Crippen molar-refractivity contribution < 1.29 is 19.1 Å². The SMILES string of the molecule is CCOc1cc([C@H]2S[C@H](C)C(=O)Nc3n[nH]c(C)c32)ccc1OCC(N)=O. The first-order valence-electron chi connectivity index (χ1n) is 8.59. The molecule has 1 aliphatic heterocycles. The number of carbonyl (C=O) groups excluding carboxylic acids is 2. The molecule has 0 spiro atoms. The summed E-state index contributed by atoms with van der Waals surface area (Å²) in [7, 11) is 0. The van der Waals surface area contributed by atoms with Crippen molar-refractivity contribution in [2.24, 2.45) is 5.73 Å². The van der Waals surface area contributed by atoms with E-state index in [1.54, 1.807) is 6.07 Å². The molecule has 0 saturated heterocycles. The Morgan fingerprint density at radius 2 is 2.11 bits per heavy atom. The van der Waals surface area contributed by atoms with E-state index in [-0.39, 0.29) is 23.0 Å². The minimum Gasteiger partial charge on any atom is -0.490 e. The lowest BCUT2D eigenvalue weighted by atomic mass is 10.0. The van der Waals surface area contributed by atoms with Crippen LogP contribution in [0, 0.1) is 6.92 Å². The molecule has 144 valence electrons. The van der Waals surface area contributed by atoms with Crippen molar-refractivity contribution in [3.63, 3.8) is 0 Å². The molecule has 1 aliphatic rings. The number of fused-ring (bicyclic) bond motifs is 1. The second kappa shape index (κ2) is 7.91. The molecule has 8 nitrogen and oxygen atoms in total. The Kier molecular flexibility index (Phi) is 5.59. The van der Waals surface area contributed by atoms with Crippen LogP contribution in [0.3, 0.4) is 0 Å². The summed E-state index contributed by atoms with van der Waals surface area (Å²) in [5, 5.41) is 9.67. The lowest BCUT2D eigenvalue weighted by molar-refractivity contribution is -0.120.